The van der Waals surface area contributed by atoms with Crippen molar-refractivity contribution in [1.29, 1.82) is 0 Å². The Hall–Kier alpha value is -1.21. The van der Waals surface area contributed by atoms with Crippen LogP contribution in [0.1, 0.15) is 36.6 Å². The van der Waals surface area contributed by atoms with Crippen LogP contribution in [-0.2, 0) is 23.0 Å². The SMILES string of the molecule is CCCc1ccc(S(=O)(=O)NCC2CCN(Cc3cccs3)CC2)cc1. The highest BCUT2D eigenvalue weighted by atomic mass is 32.2. The van der Waals surface area contributed by atoms with Crippen LogP contribution >= 0.6 is 11.3 Å². The lowest BCUT2D eigenvalue weighted by molar-refractivity contribution is 0.180. The van der Waals surface area contributed by atoms with Gasteiger partial charge >= 0.3 is 0 Å². The lowest BCUT2D eigenvalue weighted by Crippen LogP contribution is -2.38. The molecule has 0 unspecified atom stereocenters. The highest BCUT2D eigenvalue weighted by Crippen LogP contribution is 2.21. The van der Waals surface area contributed by atoms with Crippen LogP contribution in [0.3, 0.4) is 0 Å². The second-order valence-electron chi connectivity index (χ2n) is 7.04. The standard InChI is InChI=1S/C20H28N2O2S2/c1-2-4-17-6-8-20(9-7-17)26(23,24)21-15-18-10-12-22(13-11-18)16-19-5-3-14-25-19/h3,5-9,14,18,21H,2,4,10-13,15-16H2,1H3. The molecule has 1 aromatic heterocycles. The van der Waals surface area contributed by atoms with Crippen LogP contribution in [0.5, 0.6) is 0 Å². The van der Waals surface area contributed by atoms with E-state index in [0.29, 0.717) is 17.4 Å². The molecule has 0 amide bonds. The minimum atomic E-state index is -3.41. The molecule has 1 N–H and O–H groups in total. The van der Waals surface area contributed by atoms with E-state index < -0.39 is 10.0 Å². The third kappa shape index (κ3) is 5.39. The Balaban J connectivity index is 1.46. The van der Waals surface area contributed by atoms with Gasteiger partial charge < -0.3 is 0 Å². The molecule has 0 radical (unpaired) electrons. The fourth-order valence-electron chi connectivity index (χ4n) is 3.41. The van der Waals surface area contributed by atoms with Gasteiger partial charge in [-0.25, -0.2) is 13.1 Å². The normalized spacial score (nSPS) is 16.8. The second kappa shape index (κ2) is 9.13. The Morgan fingerprint density at radius 3 is 2.50 bits per heavy atom. The third-order valence-corrected chi connectivity index (χ3v) is 7.30. The van der Waals surface area contributed by atoms with E-state index in [0.717, 1.165) is 45.3 Å². The summed E-state index contributed by atoms with van der Waals surface area (Å²) < 4.78 is 27.8. The zero-order valence-electron chi connectivity index (χ0n) is 15.4. The van der Waals surface area contributed by atoms with Crippen LogP contribution in [0.25, 0.3) is 0 Å². The van der Waals surface area contributed by atoms with Crippen LogP contribution < -0.4 is 4.72 Å². The van der Waals surface area contributed by atoms with Crippen molar-refractivity contribution in [2.24, 2.45) is 5.92 Å². The first-order valence-electron chi connectivity index (χ1n) is 9.40. The molecule has 0 atom stereocenters. The average molecular weight is 393 g/mol. The molecule has 0 aliphatic carbocycles. The van der Waals surface area contributed by atoms with Gasteiger partial charge in [0.05, 0.1) is 4.90 Å². The Morgan fingerprint density at radius 1 is 1.15 bits per heavy atom. The monoisotopic (exact) mass is 392 g/mol. The minimum Gasteiger partial charge on any atom is -0.298 e. The quantitative estimate of drug-likeness (QED) is 0.741. The first-order chi connectivity index (χ1) is 12.6. The van der Waals surface area contributed by atoms with Gasteiger partial charge in [0.1, 0.15) is 0 Å². The molecule has 2 heterocycles. The van der Waals surface area contributed by atoms with Gasteiger partial charge in [-0.3, -0.25) is 4.90 Å². The van der Waals surface area contributed by atoms with E-state index in [4.69, 9.17) is 0 Å². The van der Waals surface area contributed by atoms with Gasteiger partial charge in [-0.05, 0) is 67.4 Å². The summed E-state index contributed by atoms with van der Waals surface area (Å²) in [4.78, 5) is 4.23. The summed E-state index contributed by atoms with van der Waals surface area (Å²) in [7, 11) is -3.41. The predicted octanol–water partition coefficient (Wildman–Crippen LogP) is 3.89. The Kier molecular flexibility index (Phi) is 6.86. The highest BCUT2D eigenvalue weighted by molar-refractivity contribution is 7.89. The first kappa shape index (κ1) is 19.5. The summed E-state index contributed by atoms with van der Waals surface area (Å²) in [6.07, 6.45) is 4.14. The van der Waals surface area contributed by atoms with Crippen LogP contribution in [0.2, 0.25) is 0 Å². The summed E-state index contributed by atoms with van der Waals surface area (Å²) in [6, 6.07) is 11.5. The number of nitrogens with one attached hydrogen (secondary N) is 1. The number of likely N-dealkylation sites (tertiary alicyclic amines) is 1. The van der Waals surface area contributed by atoms with Gasteiger partial charge in [-0.2, -0.15) is 0 Å². The lowest BCUT2D eigenvalue weighted by Gasteiger charge is -2.31. The number of rotatable bonds is 8. The largest absolute Gasteiger partial charge is 0.298 e. The van der Waals surface area contributed by atoms with Gasteiger partial charge in [-0.15, -0.1) is 11.3 Å². The third-order valence-electron chi connectivity index (χ3n) is 5.00. The maximum atomic E-state index is 12.5. The summed E-state index contributed by atoms with van der Waals surface area (Å²) >= 11 is 1.80. The van der Waals surface area contributed by atoms with Crippen molar-refractivity contribution in [3.8, 4) is 0 Å². The molecule has 4 nitrogen and oxygen atoms in total. The Labute approximate surface area is 161 Å². The summed E-state index contributed by atoms with van der Waals surface area (Å²) in [5.41, 5.74) is 1.18. The van der Waals surface area contributed by atoms with E-state index in [-0.39, 0.29) is 0 Å². The van der Waals surface area contributed by atoms with E-state index >= 15 is 0 Å². The molecule has 3 rings (SSSR count). The fourth-order valence-corrected chi connectivity index (χ4v) is 5.27. The molecule has 1 aliphatic heterocycles. The zero-order valence-corrected chi connectivity index (χ0v) is 17.0. The molecular weight excluding hydrogens is 364 g/mol. The lowest BCUT2D eigenvalue weighted by atomic mass is 9.97. The summed E-state index contributed by atoms with van der Waals surface area (Å²) in [5, 5.41) is 2.12. The topological polar surface area (TPSA) is 49.4 Å². The molecule has 6 heteroatoms. The van der Waals surface area contributed by atoms with Crippen LogP contribution in [0.4, 0.5) is 0 Å². The molecule has 1 aliphatic rings. The molecule has 1 fully saturated rings. The maximum absolute atomic E-state index is 12.5. The van der Waals surface area contributed by atoms with Crippen molar-refractivity contribution in [3.63, 3.8) is 0 Å². The van der Waals surface area contributed by atoms with Crippen molar-refractivity contribution < 1.29 is 8.42 Å². The van der Waals surface area contributed by atoms with Gasteiger partial charge in [0.2, 0.25) is 10.0 Å². The van der Waals surface area contributed by atoms with Crippen LogP contribution in [-0.4, -0.2) is 33.0 Å². The smallest absolute Gasteiger partial charge is 0.240 e. The number of hydrogen-bond donors (Lipinski definition) is 1. The summed E-state index contributed by atoms with van der Waals surface area (Å²) in [5.74, 6) is 0.420. The van der Waals surface area contributed by atoms with Crippen molar-refractivity contribution in [2.45, 2.75) is 44.0 Å². The van der Waals surface area contributed by atoms with E-state index in [1.165, 1.54) is 10.4 Å². The molecule has 2 aromatic rings. The Bertz CT molecular complexity index is 763. The first-order valence-corrected chi connectivity index (χ1v) is 11.8. The second-order valence-corrected chi connectivity index (χ2v) is 9.84. The van der Waals surface area contributed by atoms with Crippen molar-refractivity contribution in [3.05, 3.63) is 52.2 Å². The zero-order chi connectivity index (χ0) is 18.4. The van der Waals surface area contributed by atoms with E-state index in [1.54, 1.807) is 23.5 Å². The van der Waals surface area contributed by atoms with Gasteiger partial charge in [0.15, 0.2) is 0 Å². The summed E-state index contributed by atoms with van der Waals surface area (Å²) in [6.45, 7) is 5.75. The molecule has 1 aromatic carbocycles. The van der Waals surface area contributed by atoms with Crippen molar-refractivity contribution >= 4 is 21.4 Å². The van der Waals surface area contributed by atoms with E-state index in [9.17, 15) is 8.42 Å². The number of nitrogens with zero attached hydrogens (tertiary/aromatic N) is 1. The maximum Gasteiger partial charge on any atom is 0.240 e. The van der Waals surface area contributed by atoms with Gasteiger partial charge in [0, 0.05) is 18.0 Å². The van der Waals surface area contributed by atoms with E-state index in [2.05, 4.69) is 34.1 Å². The molecule has 142 valence electrons. The van der Waals surface area contributed by atoms with Crippen LogP contribution in [0.15, 0.2) is 46.7 Å². The van der Waals surface area contributed by atoms with E-state index in [1.807, 2.05) is 12.1 Å². The molecule has 1 saturated heterocycles. The number of hydrogen-bond acceptors (Lipinski definition) is 4. The highest BCUT2D eigenvalue weighted by Gasteiger charge is 2.22. The molecule has 0 bridgehead atoms. The molecule has 26 heavy (non-hydrogen) atoms. The van der Waals surface area contributed by atoms with Gasteiger partial charge in [-0.1, -0.05) is 31.5 Å². The number of piperidine rings is 1. The molecular formula is C20H28N2O2S2. The molecule has 0 saturated carbocycles. The minimum absolute atomic E-state index is 0.368. The number of aryl methyl sites for hydroxylation is 1. The van der Waals surface area contributed by atoms with Crippen molar-refractivity contribution in [2.75, 3.05) is 19.6 Å². The molecule has 0 spiro atoms. The predicted molar refractivity (Wildman–Crippen MR) is 108 cm³/mol. The van der Waals surface area contributed by atoms with Gasteiger partial charge in [0.25, 0.3) is 0 Å². The fraction of sp³-hybridized carbons (Fsp3) is 0.500. The van der Waals surface area contributed by atoms with Crippen molar-refractivity contribution in [1.82, 2.24) is 9.62 Å². The Morgan fingerprint density at radius 2 is 1.88 bits per heavy atom. The van der Waals surface area contributed by atoms with Crippen LogP contribution in [0, 0.1) is 5.92 Å². The number of thiophene rings is 1. The average Bonchev–Trinajstić information content (AvgIpc) is 3.15. The number of benzene rings is 1. The number of sulfonamides is 1.